The molecule has 0 aliphatic carbocycles. The van der Waals surface area contributed by atoms with Crippen LogP contribution in [0.1, 0.15) is 33.6 Å². The van der Waals surface area contributed by atoms with Crippen molar-refractivity contribution < 1.29 is 0 Å². The van der Waals surface area contributed by atoms with E-state index >= 15 is 0 Å². The minimum atomic E-state index is 0.666. The Kier molecular flexibility index (Phi) is 5.25. The first-order valence-corrected chi connectivity index (χ1v) is 7.67. The number of hydrogen-bond acceptors (Lipinski definition) is 3. The minimum absolute atomic E-state index is 0.666. The minimum Gasteiger partial charge on any atom is -0.342 e. The third-order valence-electron chi connectivity index (χ3n) is 3.84. The van der Waals surface area contributed by atoms with E-state index in [9.17, 15) is 0 Å². The molecule has 1 aliphatic heterocycles. The Morgan fingerprint density at radius 3 is 2.74 bits per heavy atom. The lowest BCUT2D eigenvalue weighted by atomic mass is 9.97. The molecule has 0 unspecified atom stereocenters. The topological polar surface area (TPSA) is 33.1 Å². The second-order valence-electron chi connectivity index (χ2n) is 6.01. The van der Waals surface area contributed by atoms with Gasteiger partial charge in [-0.2, -0.15) is 0 Å². The van der Waals surface area contributed by atoms with Crippen molar-refractivity contribution in [1.82, 2.24) is 14.9 Å². The number of piperidine rings is 1. The Balaban J connectivity index is 1.89. The first kappa shape index (κ1) is 14.4. The number of rotatable bonds is 6. The highest BCUT2D eigenvalue weighted by Gasteiger charge is 2.21. The van der Waals surface area contributed by atoms with Gasteiger partial charge in [0.05, 0.1) is 0 Å². The number of hydrogen-bond donors (Lipinski definition) is 1. The molecule has 1 fully saturated rings. The fourth-order valence-electron chi connectivity index (χ4n) is 2.81. The van der Waals surface area contributed by atoms with Gasteiger partial charge in [-0.05, 0) is 37.8 Å². The van der Waals surface area contributed by atoms with Crippen molar-refractivity contribution >= 4 is 5.95 Å². The molecule has 4 heteroatoms. The molecular formula is C15H28N4. The second-order valence-corrected chi connectivity index (χ2v) is 6.01. The van der Waals surface area contributed by atoms with Crippen LogP contribution in [-0.4, -0.2) is 35.7 Å². The maximum Gasteiger partial charge on any atom is 0.205 e. The molecule has 1 saturated heterocycles. The van der Waals surface area contributed by atoms with Crippen LogP contribution in [-0.2, 0) is 6.54 Å². The highest BCUT2D eigenvalue weighted by molar-refractivity contribution is 5.31. The summed E-state index contributed by atoms with van der Waals surface area (Å²) in [6.45, 7) is 12.3. The van der Waals surface area contributed by atoms with E-state index in [1.54, 1.807) is 0 Å². The number of aromatic nitrogens is 2. The summed E-state index contributed by atoms with van der Waals surface area (Å²) in [6.07, 6.45) is 6.60. The van der Waals surface area contributed by atoms with E-state index in [0.29, 0.717) is 5.92 Å². The zero-order valence-corrected chi connectivity index (χ0v) is 12.6. The number of nitrogens with one attached hydrogen (secondary N) is 1. The van der Waals surface area contributed by atoms with E-state index < -0.39 is 0 Å². The average Bonchev–Trinajstić information content (AvgIpc) is 2.84. The van der Waals surface area contributed by atoms with Crippen molar-refractivity contribution in [3.8, 4) is 0 Å². The van der Waals surface area contributed by atoms with Crippen molar-refractivity contribution in [2.75, 3.05) is 31.1 Å². The van der Waals surface area contributed by atoms with Crippen molar-refractivity contribution in [3.05, 3.63) is 12.4 Å². The fraction of sp³-hybridized carbons (Fsp3) is 0.800. The second kappa shape index (κ2) is 6.94. The predicted molar refractivity (Wildman–Crippen MR) is 80.5 cm³/mol. The van der Waals surface area contributed by atoms with Crippen LogP contribution in [0.25, 0.3) is 0 Å². The van der Waals surface area contributed by atoms with Gasteiger partial charge in [0.1, 0.15) is 0 Å². The zero-order chi connectivity index (χ0) is 13.7. The summed E-state index contributed by atoms with van der Waals surface area (Å²) >= 11 is 0. The molecule has 0 amide bonds. The highest BCUT2D eigenvalue weighted by atomic mass is 15.3. The number of nitrogens with zero attached hydrogens (tertiary/aromatic N) is 3. The quantitative estimate of drug-likeness (QED) is 0.856. The van der Waals surface area contributed by atoms with Gasteiger partial charge in [0.25, 0.3) is 0 Å². The molecule has 4 nitrogen and oxygen atoms in total. The Hall–Kier alpha value is -1.03. The largest absolute Gasteiger partial charge is 0.342 e. The monoisotopic (exact) mass is 264 g/mol. The van der Waals surface area contributed by atoms with Crippen molar-refractivity contribution in [2.45, 2.75) is 40.2 Å². The standard InChI is InChI=1S/C15H28N4/c1-4-16-11-14-5-8-18(9-6-14)15-17-7-10-19(15)12-13(2)3/h7,10,13-14,16H,4-6,8-9,11-12H2,1-3H3. The zero-order valence-electron chi connectivity index (χ0n) is 12.6. The van der Waals surface area contributed by atoms with E-state index in [2.05, 4.69) is 46.7 Å². The molecule has 19 heavy (non-hydrogen) atoms. The number of anilines is 1. The van der Waals surface area contributed by atoms with Crippen LogP contribution in [0.2, 0.25) is 0 Å². The predicted octanol–water partition coefficient (Wildman–Crippen LogP) is 2.36. The van der Waals surface area contributed by atoms with Gasteiger partial charge < -0.3 is 14.8 Å². The van der Waals surface area contributed by atoms with Gasteiger partial charge in [0, 0.05) is 32.0 Å². The lowest BCUT2D eigenvalue weighted by Crippen LogP contribution is -2.38. The third-order valence-corrected chi connectivity index (χ3v) is 3.84. The van der Waals surface area contributed by atoms with E-state index in [1.807, 2.05) is 6.20 Å². The van der Waals surface area contributed by atoms with Gasteiger partial charge in [0.15, 0.2) is 0 Å². The fourth-order valence-corrected chi connectivity index (χ4v) is 2.81. The van der Waals surface area contributed by atoms with Crippen LogP contribution >= 0.6 is 0 Å². The van der Waals surface area contributed by atoms with Crippen LogP contribution < -0.4 is 10.2 Å². The van der Waals surface area contributed by atoms with Crippen LogP contribution in [0.5, 0.6) is 0 Å². The summed E-state index contributed by atoms with van der Waals surface area (Å²) in [5.41, 5.74) is 0. The molecule has 0 saturated carbocycles. The molecule has 0 radical (unpaired) electrons. The van der Waals surface area contributed by atoms with Crippen LogP contribution in [0.15, 0.2) is 12.4 Å². The molecule has 1 aromatic rings. The van der Waals surface area contributed by atoms with Crippen molar-refractivity contribution in [3.63, 3.8) is 0 Å². The van der Waals surface area contributed by atoms with Crippen LogP contribution in [0, 0.1) is 11.8 Å². The summed E-state index contributed by atoms with van der Waals surface area (Å²) in [7, 11) is 0. The van der Waals surface area contributed by atoms with Gasteiger partial charge >= 0.3 is 0 Å². The summed E-state index contributed by atoms with van der Waals surface area (Å²) < 4.78 is 2.30. The molecule has 1 N–H and O–H groups in total. The lowest BCUT2D eigenvalue weighted by molar-refractivity contribution is 0.380. The normalized spacial score (nSPS) is 17.4. The smallest absolute Gasteiger partial charge is 0.205 e. The number of imidazole rings is 1. The SMILES string of the molecule is CCNCC1CCN(c2nccn2CC(C)C)CC1. The van der Waals surface area contributed by atoms with Crippen LogP contribution in [0.4, 0.5) is 5.95 Å². The molecule has 2 rings (SSSR count). The molecule has 2 heterocycles. The molecule has 108 valence electrons. The van der Waals surface area contributed by atoms with E-state index in [1.165, 1.54) is 19.4 Å². The lowest BCUT2D eigenvalue weighted by Gasteiger charge is -2.33. The first-order valence-electron chi connectivity index (χ1n) is 7.67. The average molecular weight is 264 g/mol. The van der Waals surface area contributed by atoms with Crippen LogP contribution in [0.3, 0.4) is 0 Å². The summed E-state index contributed by atoms with van der Waals surface area (Å²) in [5.74, 6) is 2.67. The Bertz CT molecular complexity index is 364. The molecule has 0 atom stereocenters. The summed E-state index contributed by atoms with van der Waals surface area (Å²) in [4.78, 5) is 7.00. The molecule has 0 bridgehead atoms. The Morgan fingerprint density at radius 2 is 2.11 bits per heavy atom. The molecule has 0 aromatic carbocycles. The van der Waals surface area contributed by atoms with E-state index in [-0.39, 0.29) is 0 Å². The Morgan fingerprint density at radius 1 is 1.37 bits per heavy atom. The van der Waals surface area contributed by atoms with E-state index in [0.717, 1.165) is 38.0 Å². The van der Waals surface area contributed by atoms with E-state index in [4.69, 9.17) is 0 Å². The van der Waals surface area contributed by atoms with Crippen molar-refractivity contribution in [1.29, 1.82) is 0 Å². The summed E-state index contributed by atoms with van der Waals surface area (Å²) in [6, 6.07) is 0. The van der Waals surface area contributed by atoms with Crippen molar-refractivity contribution in [2.24, 2.45) is 11.8 Å². The van der Waals surface area contributed by atoms with Gasteiger partial charge in [-0.1, -0.05) is 20.8 Å². The van der Waals surface area contributed by atoms with Gasteiger partial charge in [-0.15, -0.1) is 0 Å². The summed E-state index contributed by atoms with van der Waals surface area (Å²) in [5, 5.41) is 3.47. The van der Waals surface area contributed by atoms with Gasteiger partial charge in [-0.25, -0.2) is 4.98 Å². The van der Waals surface area contributed by atoms with Gasteiger partial charge in [0.2, 0.25) is 5.95 Å². The highest BCUT2D eigenvalue weighted by Crippen LogP contribution is 2.22. The Labute approximate surface area is 117 Å². The molecule has 0 spiro atoms. The molecule has 1 aliphatic rings. The molecule has 1 aromatic heterocycles. The maximum absolute atomic E-state index is 4.55. The molecular weight excluding hydrogens is 236 g/mol. The van der Waals surface area contributed by atoms with Gasteiger partial charge in [-0.3, -0.25) is 0 Å². The first-order chi connectivity index (χ1) is 9.20. The maximum atomic E-state index is 4.55. The third kappa shape index (κ3) is 3.96.